The van der Waals surface area contributed by atoms with Crippen molar-refractivity contribution >= 4 is 17.6 Å². The molecule has 26 heavy (non-hydrogen) atoms. The predicted molar refractivity (Wildman–Crippen MR) is 102 cm³/mol. The van der Waals surface area contributed by atoms with E-state index in [1.165, 1.54) is 6.42 Å². The van der Waals surface area contributed by atoms with Crippen molar-refractivity contribution in [3.8, 4) is 0 Å². The fourth-order valence-corrected chi connectivity index (χ4v) is 4.38. The lowest BCUT2D eigenvalue weighted by atomic mass is 9.87. The fourth-order valence-electron chi connectivity index (χ4n) is 4.38. The number of nitrogens with one attached hydrogen (secondary N) is 2. The van der Waals surface area contributed by atoms with E-state index < -0.39 is 0 Å². The Hall–Kier alpha value is -2.08. The van der Waals surface area contributed by atoms with E-state index in [4.69, 9.17) is 9.73 Å². The van der Waals surface area contributed by atoms with Gasteiger partial charge < -0.3 is 20.3 Å². The predicted octanol–water partition coefficient (Wildman–Crippen LogP) is 2.19. The number of hydrogen-bond acceptors (Lipinski definition) is 3. The van der Waals surface area contributed by atoms with E-state index in [1.807, 2.05) is 24.3 Å². The number of aliphatic imine (C=N–C) groups is 1. The normalized spacial score (nSPS) is 27.9. The first-order valence-electron chi connectivity index (χ1n) is 9.72. The van der Waals surface area contributed by atoms with E-state index in [2.05, 4.69) is 22.5 Å². The molecule has 0 aromatic heterocycles. The fraction of sp³-hybridized carbons (Fsp3) is 0.600. The molecule has 0 radical (unpaired) electrons. The van der Waals surface area contributed by atoms with E-state index in [-0.39, 0.29) is 11.8 Å². The molecular weight excluding hydrogens is 328 g/mol. The van der Waals surface area contributed by atoms with E-state index in [1.54, 1.807) is 0 Å². The standard InChI is InChI=1S/C20H28N4O2/c1-2-21-19(24-11-8-20(13-24)9-12-26-14-20)22-10-7-16-15-5-3-4-6-17(15)23-18(16)25/h3-6,16H,2,7-14H2,1H3,(H,21,22)(H,23,25). The summed E-state index contributed by atoms with van der Waals surface area (Å²) in [6.07, 6.45) is 3.07. The van der Waals surface area contributed by atoms with Gasteiger partial charge in [-0.15, -0.1) is 0 Å². The van der Waals surface area contributed by atoms with Crippen LogP contribution in [-0.2, 0) is 9.53 Å². The Morgan fingerprint density at radius 2 is 2.31 bits per heavy atom. The number of carbonyl (C=O) groups is 1. The number of nitrogens with zero attached hydrogens (tertiary/aromatic N) is 2. The second-order valence-corrected chi connectivity index (χ2v) is 7.63. The number of carbonyl (C=O) groups excluding carboxylic acids is 1. The summed E-state index contributed by atoms with van der Waals surface area (Å²) in [6, 6.07) is 7.96. The number of likely N-dealkylation sites (tertiary alicyclic amines) is 1. The number of para-hydroxylation sites is 1. The molecule has 3 aliphatic rings. The summed E-state index contributed by atoms with van der Waals surface area (Å²) in [7, 11) is 0. The van der Waals surface area contributed by atoms with Crippen LogP contribution in [0.15, 0.2) is 29.3 Å². The minimum Gasteiger partial charge on any atom is -0.381 e. The number of anilines is 1. The molecule has 1 aromatic carbocycles. The van der Waals surface area contributed by atoms with E-state index in [9.17, 15) is 4.79 Å². The summed E-state index contributed by atoms with van der Waals surface area (Å²) >= 11 is 0. The molecule has 2 fully saturated rings. The van der Waals surface area contributed by atoms with Crippen molar-refractivity contribution in [1.29, 1.82) is 0 Å². The minimum absolute atomic E-state index is 0.0917. The van der Waals surface area contributed by atoms with Crippen LogP contribution in [0, 0.1) is 5.41 Å². The van der Waals surface area contributed by atoms with Crippen molar-refractivity contribution in [2.24, 2.45) is 10.4 Å². The zero-order valence-corrected chi connectivity index (χ0v) is 15.5. The summed E-state index contributed by atoms with van der Waals surface area (Å²) in [5.41, 5.74) is 2.36. The average Bonchev–Trinajstić information content (AvgIpc) is 3.35. The van der Waals surface area contributed by atoms with Gasteiger partial charge in [-0.2, -0.15) is 0 Å². The molecule has 2 N–H and O–H groups in total. The lowest BCUT2D eigenvalue weighted by Crippen LogP contribution is -2.41. The van der Waals surface area contributed by atoms with Crippen LogP contribution < -0.4 is 10.6 Å². The van der Waals surface area contributed by atoms with Crippen LogP contribution in [0.1, 0.15) is 37.7 Å². The highest BCUT2D eigenvalue weighted by Gasteiger charge is 2.42. The number of fused-ring (bicyclic) bond motifs is 1. The minimum atomic E-state index is -0.0917. The van der Waals surface area contributed by atoms with Gasteiger partial charge >= 0.3 is 0 Å². The van der Waals surface area contributed by atoms with Crippen molar-refractivity contribution in [2.75, 3.05) is 44.7 Å². The highest BCUT2D eigenvalue weighted by atomic mass is 16.5. The zero-order valence-electron chi connectivity index (χ0n) is 15.5. The molecule has 0 saturated carbocycles. The van der Waals surface area contributed by atoms with Gasteiger partial charge in [-0.1, -0.05) is 18.2 Å². The first-order valence-corrected chi connectivity index (χ1v) is 9.72. The second-order valence-electron chi connectivity index (χ2n) is 7.63. The maximum absolute atomic E-state index is 12.3. The lowest BCUT2D eigenvalue weighted by Gasteiger charge is -2.25. The number of benzene rings is 1. The van der Waals surface area contributed by atoms with Crippen LogP contribution in [0.3, 0.4) is 0 Å². The van der Waals surface area contributed by atoms with Gasteiger partial charge in [0.15, 0.2) is 5.96 Å². The third kappa shape index (κ3) is 3.30. The monoisotopic (exact) mass is 356 g/mol. The molecule has 1 amide bonds. The van der Waals surface area contributed by atoms with Crippen LogP contribution in [0.2, 0.25) is 0 Å². The quantitative estimate of drug-likeness (QED) is 0.641. The summed E-state index contributed by atoms with van der Waals surface area (Å²) in [5.74, 6) is 0.976. The molecule has 6 nitrogen and oxygen atoms in total. The Kier molecular flexibility index (Phi) is 4.85. The molecular formula is C20H28N4O2. The van der Waals surface area contributed by atoms with Crippen molar-refractivity contribution < 1.29 is 9.53 Å². The van der Waals surface area contributed by atoms with Crippen LogP contribution in [0.25, 0.3) is 0 Å². The van der Waals surface area contributed by atoms with Crippen molar-refractivity contribution in [3.05, 3.63) is 29.8 Å². The summed E-state index contributed by atoms with van der Waals surface area (Å²) in [4.78, 5) is 19.5. The Bertz CT molecular complexity index is 697. The molecule has 3 heterocycles. The number of hydrogen-bond donors (Lipinski definition) is 2. The first-order chi connectivity index (χ1) is 12.7. The molecule has 2 saturated heterocycles. The third-order valence-electron chi connectivity index (χ3n) is 5.85. The summed E-state index contributed by atoms with van der Waals surface area (Å²) in [5, 5.41) is 6.39. The van der Waals surface area contributed by atoms with Gasteiger partial charge in [0, 0.05) is 43.9 Å². The first kappa shape index (κ1) is 17.3. The lowest BCUT2D eigenvalue weighted by molar-refractivity contribution is -0.117. The molecule has 2 atom stereocenters. The SMILES string of the molecule is CCNC(=NCCC1C(=O)Nc2ccccc21)N1CCC2(CCOC2)C1. The molecule has 1 spiro atoms. The molecule has 0 aliphatic carbocycles. The van der Waals surface area contributed by atoms with Gasteiger partial charge in [-0.25, -0.2) is 0 Å². The Morgan fingerprint density at radius 1 is 1.42 bits per heavy atom. The molecule has 4 rings (SSSR count). The molecule has 6 heteroatoms. The van der Waals surface area contributed by atoms with Gasteiger partial charge in [0.1, 0.15) is 0 Å². The zero-order chi connectivity index (χ0) is 18.0. The topological polar surface area (TPSA) is 66.0 Å². The molecule has 0 bridgehead atoms. The average molecular weight is 356 g/mol. The molecule has 1 aromatic rings. The van der Waals surface area contributed by atoms with Crippen LogP contribution >= 0.6 is 0 Å². The Labute approximate surface area is 155 Å². The highest BCUT2D eigenvalue weighted by Crippen LogP contribution is 2.38. The Balaban J connectivity index is 1.40. The largest absolute Gasteiger partial charge is 0.381 e. The summed E-state index contributed by atoms with van der Waals surface area (Å²) in [6.45, 7) is 7.41. The molecule has 2 unspecified atom stereocenters. The van der Waals surface area contributed by atoms with Gasteiger partial charge in [0.25, 0.3) is 0 Å². The van der Waals surface area contributed by atoms with E-state index in [0.29, 0.717) is 12.0 Å². The third-order valence-corrected chi connectivity index (χ3v) is 5.85. The number of rotatable bonds is 4. The number of amides is 1. The second kappa shape index (κ2) is 7.27. The van der Waals surface area contributed by atoms with Crippen LogP contribution in [-0.4, -0.2) is 56.2 Å². The maximum atomic E-state index is 12.3. The smallest absolute Gasteiger partial charge is 0.232 e. The summed E-state index contributed by atoms with van der Waals surface area (Å²) < 4.78 is 5.63. The van der Waals surface area contributed by atoms with Gasteiger partial charge in [-0.05, 0) is 37.8 Å². The van der Waals surface area contributed by atoms with Crippen molar-refractivity contribution in [1.82, 2.24) is 10.2 Å². The van der Waals surface area contributed by atoms with Crippen LogP contribution in [0.5, 0.6) is 0 Å². The number of guanidine groups is 1. The van der Waals surface area contributed by atoms with Gasteiger partial charge in [0.2, 0.25) is 5.91 Å². The Morgan fingerprint density at radius 3 is 3.12 bits per heavy atom. The highest BCUT2D eigenvalue weighted by molar-refractivity contribution is 6.02. The van der Waals surface area contributed by atoms with Gasteiger partial charge in [0.05, 0.1) is 12.5 Å². The number of ether oxygens (including phenoxy) is 1. The maximum Gasteiger partial charge on any atom is 0.232 e. The van der Waals surface area contributed by atoms with Crippen molar-refractivity contribution in [2.45, 2.75) is 32.1 Å². The molecule has 140 valence electrons. The van der Waals surface area contributed by atoms with Crippen LogP contribution in [0.4, 0.5) is 5.69 Å². The molecule has 3 aliphatic heterocycles. The van der Waals surface area contributed by atoms with E-state index in [0.717, 1.165) is 62.9 Å². The van der Waals surface area contributed by atoms with Gasteiger partial charge in [-0.3, -0.25) is 9.79 Å². The van der Waals surface area contributed by atoms with E-state index >= 15 is 0 Å². The van der Waals surface area contributed by atoms with Crippen molar-refractivity contribution in [3.63, 3.8) is 0 Å².